The van der Waals surface area contributed by atoms with Crippen LogP contribution in [0.3, 0.4) is 0 Å². The molecule has 0 bridgehead atoms. The third-order valence-corrected chi connectivity index (χ3v) is 4.02. The van der Waals surface area contributed by atoms with E-state index in [1.165, 1.54) is 0 Å². The molecule has 0 radical (unpaired) electrons. The van der Waals surface area contributed by atoms with E-state index in [-0.39, 0.29) is 6.04 Å². The number of hydrogen-bond acceptors (Lipinski definition) is 2. The van der Waals surface area contributed by atoms with Crippen LogP contribution < -0.4 is 10.1 Å². The largest absolute Gasteiger partial charge is 0.494 e. The third-order valence-electron chi connectivity index (χ3n) is 3.06. The molecule has 0 spiro atoms. The molecule has 0 saturated carbocycles. The fourth-order valence-electron chi connectivity index (χ4n) is 2.19. The van der Waals surface area contributed by atoms with Crippen LogP contribution in [0.15, 0.2) is 46.9 Å². The summed E-state index contributed by atoms with van der Waals surface area (Å²) in [6.45, 7) is 2.64. The first-order chi connectivity index (χ1) is 9.65. The molecule has 0 amide bonds. The van der Waals surface area contributed by atoms with Gasteiger partial charge in [0.1, 0.15) is 5.75 Å². The van der Waals surface area contributed by atoms with Gasteiger partial charge < -0.3 is 10.1 Å². The van der Waals surface area contributed by atoms with E-state index in [1.807, 2.05) is 44.3 Å². The molecule has 1 unspecified atom stereocenters. The van der Waals surface area contributed by atoms with Gasteiger partial charge in [-0.3, -0.25) is 0 Å². The number of nitrogens with one attached hydrogen (secondary N) is 1. The van der Waals surface area contributed by atoms with E-state index in [4.69, 9.17) is 16.3 Å². The zero-order valence-electron chi connectivity index (χ0n) is 11.5. The zero-order valence-corrected chi connectivity index (χ0v) is 13.8. The average molecular weight is 355 g/mol. The molecule has 0 aliphatic rings. The molecule has 20 heavy (non-hydrogen) atoms. The maximum Gasteiger partial charge on any atom is 0.119 e. The van der Waals surface area contributed by atoms with Crippen molar-refractivity contribution in [3.63, 3.8) is 0 Å². The highest BCUT2D eigenvalue weighted by molar-refractivity contribution is 9.10. The van der Waals surface area contributed by atoms with E-state index >= 15 is 0 Å². The first kappa shape index (κ1) is 15.4. The van der Waals surface area contributed by atoms with Gasteiger partial charge in [0.2, 0.25) is 0 Å². The highest BCUT2D eigenvalue weighted by atomic mass is 79.9. The van der Waals surface area contributed by atoms with Crippen LogP contribution in [0, 0.1) is 0 Å². The van der Waals surface area contributed by atoms with Crippen molar-refractivity contribution in [1.29, 1.82) is 0 Å². The molecule has 1 atom stereocenters. The summed E-state index contributed by atoms with van der Waals surface area (Å²) in [6, 6.07) is 14.0. The van der Waals surface area contributed by atoms with E-state index in [9.17, 15) is 0 Å². The van der Waals surface area contributed by atoms with Gasteiger partial charge in [-0.15, -0.1) is 0 Å². The number of benzene rings is 2. The van der Waals surface area contributed by atoms with Gasteiger partial charge in [0.25, 0.3) is 0 Å². The van der Waals surface area contributed by atoms with Gasteiger partial charge in [-0.2, -0.15) is 0 Å². The number of halogens is 2. The summed E-state index contributed by atoms with van der Waals surface area (Å²) in [5.41, 5.74) is 2.25. The van der Waals surface area contributed by atoms with E-state index in [0.29, 0.717) is 6.61 Å². The highest BCUT2D eigenvalue weighted by Gasteiger charge is 2.16. The summed E-state index contributed by atoms with van der Waals surface area (Å²) >= 11 is 9.70. The average Bonchev–Trinajstić information content (AvgIpc) is 2.44. The monoisotopic (exact) mass is 353 g/mol. The minimum atomic E-state index is 0.0588. The van der Waals surface area contributed by atoms with Crippen molar-refractivity contribution >= 4 is 27.5 Å². The topological polar surface area (TPSA) is 21.3 Å². The molecule has 4 heteroatoms. The van der Waals surface area contributed by atoms with Crippen LogP contribution in [0.5, 0.6) is 5.75 Å². The van der Waals surface area contributed by atoms with Crippen molar-refractivity contribution in [2.75, 3.05) is 13.7 Å². The van der Waals surface area contributed by atoms with Gasteiger partial charge in [-0.05, 0) is 55.4 Å². The van der Waals surface area contributed by atoms with Gasteiger partial charge in [-0.1, -0.05) is 39.7 Å². The second-order valence-electron chi connectivity index (χ2n) is 4.39. The molecule has 2 aromatic carbocycles. The predicted molar refractivity (Wildman–Crippen MR) is 87.7 cm³/mol. The smallest absolute Gasteiger partial charge is 0.119 e. The first-order valence-corrected chi connectivity index (χ1v) is 7.67. The van der Waals surface area contributed by atoms with Gasteiger partial charge in [0, 0.05) is 9.50 Å². The molecule has 0 aliphatic heterocycles. The number of ether oxygens (including phenoxy) is 1. The lowest BCUT2D eigenvalue weighted by atomic mass is 9.99. The lowest BCUT2D eigenvalue weighted by molar-refractivity contribution is 0.339. The SMILES string of the molecule is CCOc1cccc(C(NC)c2cc(Cl)ccc2Br)c1. The van der Waals surface area contributed by atoms with Crippen LogP contribution in [0.4, 0.5) is 0 Å². The van der Waals surface area contributed by atoms with Crippen LogP contribution in [-0.2, 0) is 0 Å². The Morgan fingerprint density at radius 1 is 1.25 bits per heavy atom. The minimum absolute atomic E-state index is 0.0588. The van der Waals surface area contributed by atoms with Crippen molar-refractivity contribution in [3.05, 3.63) is 63.1 Å². The molecule has 0 saturated heterocycles. The van der Waals surface area contributed by atoms with Crippen molar-refractivity contribution in [3.8, 4) is 5.75 Å². The maximum atomic E-state index is 6.11. The van der Waals surface area contributed by atoms with E-state index < -0.39 is 0 Å². The molecule has 0 aromatic heterocycles. The summed E-state index contributed by atoms with van der Waals surface area (Å²) in [6.07, 6.45) is 0. The van der Waals surface area contributed by atoms with Crippen LogP contribution >= 0.6 is 27.5 Å². The summed E-state index contributed by atoms with van der Waals surface area (Å²) in [4.78, 5) is 0. The molecule has 0 aliphatic carbocycles. The third kappa shape index (κ3) is 3.54. The molecule has 0 heterocycles. The van der Waals surface area contributed by atoms with E-state index in [1.54, 1.807) is 0 Å². The number of hydrogen-bond donors (Lipinski definition) is 1. The van der Waals surface area contributed by atoms with Crippen LogP contribution in [0.2, 0.25) is 5.02 Å². The Kier molecular flexibility index (Phi) is 5.46. The van der Waals surface area contributed by atoms with Crippen molar-refractivity contribution in [2.45, 2.75) is 13.0 Å². The Labute approximate surface area is 133 Å². The normalized spacial score (nSPS) is 12.2. The quantitative estimate of drug-likeness (QED) is 0.832. The summed E-state index contributed by atoms with van der Waals surface area (Å²) in [5, 5.41) is 4.05. The second-order valence-corrected chi connectivity index (χ2v) is 5.68. The molecular weight excluding hydrogens is 338 g/mol. The van der Waals surface area contributed by atoms with Crippen LogP contribution in [-0.4, -0.2) is 13.7 Å². The lowest BCUT2D eigenvalue weighted by Gasteiger charge is -2.19. The van der Waals surface area contributed by atoms with E-state index in [0.717, 1.165) is 26.4 Å². The van der Waals surface area contributed by atoms with Crippen molar-refractivity contribution in [2.24, 2.45) is 0 Å². The molecule has 2 aromatic rings. The Hall–Kier alpha value is -1.03. The highest BCUT2D eigenvalue weighted by Crippen LogP contribution is 2.32. The summed E-state index contributed by atoms with van der Waals surface area (Å²) in [7, 11) is 1.94. The molecular formula is C16H17BrClNO. The molecule has 2 nitrogen and oxygen atoms in total. The second kappa shape index (κ2) is 7.11. The molecule has 106 valence electrons. The van der Waals surface area contributed by atoms with Gasteiger partial charge in [0.05, 0.1) is 12.6 Å². The van der Waals surface area contributed by atoms with Crippen LogP contribution in [0.1, 0.15) is 24.1 Å². The zero-order chi connectivity index (χ0) is 14.5. The van der Waals surface area contributed by atoms with Crippen LogP contribution in [0.25, 0.3) is 0 Å². The lowest BCUT2D eigenvalue weighted by Crippen LogP contribution is -2.18. The fraction of sp³-hybridized carbons (Fsp3) is 0.250. The molecule has 1 N–H and O–H groups in total. The molecule has 0 fully saturated rings. The fourth-order valence-corrected chi connectivity index (χ4v) is 2.84. The Bertz CT molecular complexity index is 588. The van der Waals surface area contributed by atoms with E-state index in [2.05, 4.69) is 33.4 Å². The minimum Gasteiger partial charge on any atom is -0.494 e. The van der Waals surface area contributed by atoms with Crippen molar-refractivity contribution < 1.29 is 4.74 Å². The Balaban J connectivity index is 2.41. The Morgan fingerprint density at radius 2 is 2.05 bits per heavy atom. The summed E-state index contributed by atoms with van der Waals surface area (Å²) in [5.74, 6) is 0.878. The first-order valence-electron chi connectivity index (χ1n) is 6.50. The number of rotatable bonds is 5. The molecule has 2 rings (SSSR count). The maximum absolute atomic E-state index is 6.11. The standard InChI is InChI=1S/C16H17BrClNO/c1-3-20-13-6-4-5-11(9-13)16(19-2)14-10-12(18)7-8-15(14)17/h4-10,16,19H,3H2,1-2H3. The Morgan fingerprint density at radius 3 is 2.75 bits per heavy atom. The van der Waals surface area contributed by atoms with Gasteiger partial charge >= 0.3 is 0 Å². The predicted octanol–water partition coefficient (Wildman–Crippen LogP) is 4.81. The summed E-state index contributed by atoms with van der Waals surface area (Å²) < 4.78 is 6.60. The van der Waals surface area contributed by atoms with Gasteiger partial charge in [-0.25, -0.2) is 0 Å². The van der Waals surface area contributed by atoms with Crippen molar-refractivity contribution in [1.82, 2.24) is 5.32 Å². The van der Waals surface area contributed by atoms with Gasteiger partial charge in [0.15, 0.2) is 0 Å².